The smallest absolute Gasteiger partial charge is 0.274 e. The summed E-state index contributed by atoms with van der Waals surface area (Å²) >= 11 is 0. The molecule has 1 saturated heterocycles. The lowest BCUT2D eigenvalue weighted by atomic mass is 10.1. The van der Waals surface area contributed by atoms with Crippen molar-refractivity contribution >= 4 is 17.1 Å². The highest BCUT2D eigenvalue weighted by Gasteiger charge is 2.28. The van der Waals surface area contributed by atoms with E-state index in [1.807, 2.05) is 38.1 Å². The van der Waals surface area contributed by atoms with E-state index in [0.717, 1.165) is 5.56 Å². The average Bonchev–Trinajstić information content (AvgIpc) is 3.09. The second-order valence-electron chi connectivity index (χ2n) is 6.69. The zero-order valence-corrected chi connectivity index (χ0v) is 15.5. The molecule has 0 radical (unpaired) electrons. The van der Waals surface area contributed by atoms with Gasteiger partial charge in [0.15, 0.2) is 5.65 Å². The van der Waals surface area contributed by atoms with Crippen molar-refractivity contribution in [3.8, 4) is 17.0 Å². The van der Waals surface area contributed by atoms with Crippen LogP contribution in [0.3, 0.4) is 0 Å². The Hall–Kier alpha value is -3.00. The predicted molar refractivity (Wildman–Crippen MR) is 99.6 cm³/mol. The fraction of sp³-hybridized carbons (Fsp3) is 0.368. The van der Waals surface area contributed by atoms with E-state index >= 15 is 0 Å². The molecule has 2 aromatic heterocycles. The molecule has 8 nitrogen and oxygen atoms in total. The molecule has 0 aliphatic carbocycles. The number of hydrogen-bond donors (Lipinski definition) is 1. The number of nitrogens with zero attached hydrogens (tertiary/aromatic N) is 4. The summed E-state index contributed by atoms with van der Waals surface area (Å²) in [5.41, 5.74) is 2.78. The molecule has 3 heterocycles. The van der Waals surface area contributed by atoms with Gasteiger partial charge in [0, 0.05) is 18.7 Å². The van der Waals surface area contributed by atoms with E-state index in [0.29, 0.717) is 41.4 Å². The molecular weight excluding hydrogens is 346 g/mol. The first kappa shape index (κ1) is 17.4. The molecule has 4 rings (SSSR count). The molecule has 3 aromatic rings. The van der Waals surface area contributed by atoms with E-state index in [-0.39, 0.29) is 18.1 Å². The lowest BCUT2D eigenvalue weighted by Crippen LogP contribution is -2.48. The average molecular weight is 367 g/mol. The molecule has 1 aromatic carbocycles. The molecule has 1 amide bonds. The van der Waals surface area contributed by atoms with Crippen LogP contribution in [0.2, 0.25) is 0 Å². The number of rotatable bonds is 3. The van der Waals surface area contributed by atoms with Gasteiger partial charge in [-0.1, -0.05) is 12.1 Å². The van der Waals surface area contributed by atoms with Gasteiger partial charge in [0.2, 0.25) is 0 Å². The van der Waals surface area contributed by atoms with Crippen LogP contribution in [0, 0.1) is 0 Å². The molecule has 8 heteroatoms. The number of fused-ring (bicyclic) bond motifs is 1. The topological polar surface area (TPSA) is 93.2 Å². The third-order valence-electron chi connectivity index (χ3n) is 4.57. The van der Waals surface area contributed by atoms with Gasteiger partial charge in [-0.3, -0.25) is 9.89 Å². The first-order valence-electron chi connectivity index (χ1n) is 8.86. The molecule has 1 aliphatic heterocycles. The van der Waals surface area contributed by atoms with E-state index < -0.39 is 0 Å². The number of H-pyrrole nitrogens is 1. The number of benzene rings is 1. The van der Waals surface area contributed by atoms with Crippen LogP contribution in [0.25, 0.3) is 22.4 Å². The number of nitrogens with one attached hydrogen (secondary N) is 1. The highest BCUT2D eigenvalue weighted by Crippen LogP contribution is 2.31. The minimum absolute atomic E-state index is 0.00698. The van der Waals surface area contributed by atoms with E-state index in [1.54, 1.807) is 12.0 Å². The zero-order chi connectivity index (χ0) is 19.0. The van der Waals surface area contributed by atoms with Crippen LogP contribution < -0.4 is 4.74 Å². The van der Waals surface area contributed by atoms with Crippen molar-refractivity contribution in [3.05, 3.63) is 36.2 Å². The van der Waals surface area contributed by atoms with Crippen LogP contribution in [0.4, 0.5) is 0 Å². The Morgan fingerprint density at radius 3 is 2.74 bits per heavy atom. The van der Waals surface area contributed by atoms with Gasteiger partial charge in [0.05, 0.1) is 31.2 Å². The van der Waals surface area contributed by atoms with Crippen molar-refractivity contribution < 1.29 is 14.3 Å². The van der Waals surface area contributed by atoms with Crippen molar-refractivity contribution in [2.24, 2.45) is 0 Å². The summed E-state index contributed by atoms with van der Waals surface area (Å²) in [6.07, 6.45) is 1.46. The zero-order valence-electron chi connectivity index (χ0n) is 15.5. The number of amides is 1. The Morgan fingerprint density at radius 2 is 2.00 bits per heavy atom. The highest BCUT2D eigenvalue weighted by atomic mass is 16.5. The molecule has 1 aliphatic rings. The standard InChI is InChI=1S/C19H21N5O3/c1-11-9-24(10-12(2)27-11)19(25)14-8-20-18-17(21-14)16(22-23-18)13-6-4-5-7-15(13)26-3/h4-8,11-12H,9-10H2,1-3H3,(H,20,22,23)/t11-,12+. The molecular formula is C19H21N5O3. The van der Waals surface area contributed by atoms with Gasteiger partial charge < -0.3 is 14.4 Å². The minimum atomic E-state index is -0.154. The summed E-state index contributed by atoms with van der Waals surface area (Å²) in [6, 6.07) is 7.57. The molecule has 0 saturated carbocycles. The van der Waals surface area contributed by atoms with Crippen LogP contribution in [-0.4, -0.2) is 63.4 Å². The number of carbonyl (C=O) groups is 1. The van der Waals surface area contributed by atoms with E-state index in [2.05, 4.69) is 20.2 Å². The van der Waals surface area contributed by atoms with Crippen LogP contribution in [0.5, 0.6) is 5.75 Å². The second-order valence-corrected chi connectivity index (χ2v) is 6.69. The fourth-order valence-corrected chi connectivity index (χ4v) is 3.44. The number of hydrogen-bond acceptors (Lipinski definition) is 6. The molecule has 0 spiro atoms. The lowest BCUT2D eigenvalue weighted by molar-refractivity contribution is -0.0587. The van der Waals surface area contributed by atoms with E-state index in [1.165, 1.54) is 6.20 Å². The number of methoxy groups -OCH3 is 1. The van der Waals surface area contributed by atoms with Crippen LogP contribution in [0.1, 0.15) is 24.3 Å². The van der Waals surface area contributed by atoms with Crippen molar-refractivity contribution in [2.75, 3.05) is 20.2 Å². The number of aromatic amines is 1. The van der Waals surface area contributed by atoms with Crippen molar-refractivity contribution in [1.82, 2.24) is 25.1 Å². The second kappa shape index (κ2) is 6.96. The summed E-state index contributed by atoms with van der Waals surface area (Å²) in [5.74, 6) is 0.538. The molecule has 1 N–H and O–H groups in total. The third kappa shape index (κ3) is 3.23. The SMILES string of the molecule is COc1ccccc1-c1[nH]nc2ncc(C(=O)N3C[C@@H](C)O[C@@H](C)C3)nc12. The summed E-state index contributed by atoms with van der Waals surface area (Å²) in [4.78, 5) is 23.6. The largest absolute Gasteiger partial charge is 0.496 e. The van der Waals surface area contributed by atoms with Gasteiger partial charge in [-0.25, -0.2) is 9.97 Å². The Bertz CT molecular complexity index is 976. The minimum Gasteiger partial charge on any atom is -0.496 e. The fourth-order valence-electron chi connectivity index (χ4n) is 3.44. The van der Waals surface area contributed by atoms with Gasteiger partial charge >= 0.3 is 0 Å². The Balaban J connectivity index is 1.73. The molecule has 140 valence electrons. The van der Waals surface area contributed by atoms with Crippen LogP contribution >= 0.6 is 0 Å². The summed E-state index contributed by atoms with van der Waals surface area (Å²) in [5, 5.41) is 7.17. The third-order valence-corrected chi connectivity index (χ3v) is 4.57. The van der Waals surface area contributed by atoms with Crippen molar-refractivity contribution in [2.45, 2.75) is 26.1 Å². The quantitative estimate of drug-likeness (QED) is 0.763. The van der Waals surface area contributed by atoms with Crippen molar-refractivity contribution in [3.63, 3.8) is 0 Å². The maximum Gasteiger partial charge on any atom is 0.274 e. The molecule has 2 atom stereocenters. The van der Waals surface area contributed by atoms with Gasteiger partial charge in [0.1, 0.15) is 17.0 Å². The Kier molecular flexibility index (Phi) is 4.49. The maximum absolute atomic E-state index is 12.9. The first-order valence-corrected chi connectivity index (χ1v) is 8.86. The molecule has 27 heavy (non-hydrogen) atoms. The number of morpholine rings is 1. The number of carbonyl (C=O) groups excluding carboxylic acids is 1. The summed E-state index contributed by atoms with van der Waals surface area (Å²) in [7, 11) is 1.61. The van der Waals surface area contributed by atoms with Gasteiger partial charge in [-0.2, -0.15) is 5.10 Å². The van der Waals surface area contributed by atoms with Gasteiger partial charge in [-0.05, 0) is 26.0 Å². The molecule has 0 unspecified atom stereocenters. The predicted octanol–water partition coefficient (Wildman–Crippen LogP) is 2.28. The van der Waals surface area contributed by atoms with E-state index in [4.69, 9.17) is 9.47 Å². The summed E-state index contributed by atoms with van der Waals surface area (Å²) < 4.78 is 11.1. The van der Waals surface area contributed by atoms with Gasteiger partial charge in [-0.15, -0.1) is 0 Å². The Labute approximate surface area is 156 Å². The van der Waals surface area contributed by atoms with Gasteiger partial charge in [0.25, 0.3) is 5.91 Å². The maximum atomic E-state index is 12.9. The van der Waals surface area contributed by atoms with Crippen LogP contribution in [0.15, 0.2) is 30.5 Å². The normalized spacial score (nSPS) is 20.0. The lowest BCUT2D eigenvalue weighted by Gasteiger charge is -2.35. The van der Waals surface area contributed by atoms with E-state index in [9.17, 15) is 4.79 Å². The summed E-state index contributed by atoms with van der Waals surface area (Å²) in [6.45, 7) is 4.99. The number of para-hydroxylation sites is 1. The van der Waals surface area contributed by atoms with Crippen LogP contribution in [-0.2, 0) is 4.74 Å². The number of aromatic nitrogens is 4. The monoisotopic (exact) mass is 367 g/mol. The Morgan fingerprint density at radius 1 is 1.26 bits per heavy atom. The number of ether oxygens (including phenoxy) is 2. The molecule has 1 fully saturated rings. The first-order chi connectivity index (χ1) is 13.1. The van der Waals surface area contributed by atoms with Crippen molar-refractivity contribution in [1.29, 1.82) is 0 Å². The molecule has 0 bridgehead atoms. The highest BCUT2D eigenvalue weighted by molar-refractivity contribution is 5.96.